The van der Waals surface area contributed by atoms with E-state index in [0.717, 1.165) is 17.7 Å². The van der Waals surface area contributed by atoms with Crippen molar-refractivity contribution in [2.45, 2.75) is 13.0 Å². The Hall–Kier alpha value is -3.35. The van der Waals surface area contributed by atoms with Gasteiger partial charge in [0.1, 0.15) is 5.82 Å². The average Bonchev–Trinajstić information content (AvgIpc) is 3.06. The van der Waals surface area contributed by atoms with Crippen LogP contribution >= 0.6 is 0 Å². The highest BCUT2D eigenvalue weighted by molar-refractivity contribution is 5.92. The molecule has 0 radical (unpaired) electrons. The summed E-state index contributed by atoms with van der Waals surface area (Å²) in [6.45, 7) is 1.60. The summed E-state index contributed by atoms with van der Waals surface area (Å²) in [4.78, 5) is 12.4. The third-order valence-electron chi connectivity index (χ3n) is 4.18. The molecule has 1 aliphatic heterocycles. The topological polar surface area (TPSA) is 65.4 Å². The van der Waals surface area contributed by atoms with Crippen LogP contribution in [0.1, 0.15) is 22.5 Å². The van der Waals surface area contributed by atoms with Crippen LogP contribution in [0.5, 0.6) is 11.5 Å². The van der Waals surface area contributed by atoms with E-state index in [2.05, 4.69) is 10.4 Å². The molecule has 0 saturated heterocycles. The summed E-state index contributed by atoms with van der Waals surface area (Å²) in [5.41, 5.74) is 1.87. The summed E-state index contributed by atoms with van der Waals surface area (Å²) in [5.74, 6) is 0.808. The van der Waals surface area contributed by atoms with Crippen LogP contribution in [0.4, 0.5) is 4.39 Å². The van der Waals surface area contributed by atoms with E-state index in [9.17, 15) is 9.18 Å². The Kier molecular flexibility index (Phi) is 4.74. The molecule has 3 aromatic rings. The van der Waals surface area contributed by atoms with Gasteiger partial charge >= 0.3 is 0 Å². The molecule has 1 aliphatic rings. The summed E-state index contributed by atoms with van der Waals surface area (Å²) in [6, 6.07) is 13.1. The van der Waals surface area contributed by atoms with Crippen LogP contribution in [0, 0.1) is 5.82 Å². The Balaban J connectivity index is 1.41. The minimum atomic E-state index is -0.320. The smallest absolute Gasteiger partial charge is 0.272 e. The van der Waals surface area contributed by atoms with Gasteiger partial charge in [-0.15, -0.1) is 0 Å². The molecule has 7 heteroatoms. The summed E-state index contributed by atoms with van der Waals surface area (Å²) in [7, 11) is 0. The van der Waals surface area contributed by atoms with E-state index in [1.807, 2.05) is 18.2 Å². The van der Waals surface area contributed by atoms with Crippen LogP contribution in [0.2, 0.25) is 0 Å². The molecule has 0 fully saturated rings. The molecule has 1 N–H and O–H groups in total. The summed E-state index contributed by atoms with van der Waals surface area (Å²) >= 11 is 0. The molecular formula is C20H18FN3O3. The molecule has 27 heavy (non-hydrogen) atoms. The number of benzene rings is 2. The van der Waals surface area contributed by atoms with Crippen molar-refractivity contribution in [1.29, 1.82) is 0 Å². The number of halogens is 1. The molecule has 0 bridgehead atoms. The van der Waals surface area contributed by atoms with Gasteiger partial charge in [-0.3, -0.25) is 4.79 Å². The lowest BCUT2D eigenvalue weighted by molar-refractivity contribution is 0.0945. The molecule has 6 nitrogen and oxygen atoms in total. The van der Waals surface area contributed by atoms with E-state index in [1.165, 1.54) is 16.8 Å². The molecule has 1 amide bonds. The quantitative estimate of drug-likeness (QED) is 0.770. The largest absolute Gasteiger partial charge is 0.490 e. The Morgan fingerprint density at radius 3 is 2.67 bits per heavy atom. The first-order valence-electron chi connectivity index (χ1n) is 8.67. The molecule has 0 aliphatic carbocycles. The first-order chi connectivity index (χ1) is 13.2. The highest BCUT2D eigenvalue weighted by Crippen LogP contribution is 2.30. The number of carbonyl (C=O) groups excluding carboxylic acids is 1. The van der Waals surface area contributed by atoms with Gasteiger partial charge in [0.05, 0.1) is 18.9 Å². The lowest BCUT2D eigenvalue weighted by Crippen LogP contribution is -2.23. The Morgan fingerprint density at radius 2 is 1.85 bits per heavy atom. The van der Waals surface area contributed by atoms with E-state index in [1.54, 1.807) is 24.4 Å². The third-order valence-corrected chi connectivity index (χ3v) is 4.18. The maximum atomic E-state index is 13.0. The van der Waals surface area contributed by atoms with Gasteiger partial charge in [0, 0.05) is 19.2 Å². The minimum Gasteiger partial charge on any atom is -0.490 e. The second kappa shape index (κ2) is 7.49. The van der Waals surface area contributed by atoms with Crippen LogP contribution in [-0.2, 0) is 6.54 Å². The van der Waals surface area contributed by atoms with Crippen molar-refractivity contribution in [2.75, 3.05) is 13.2 Å². The molecule has 0 unspecified atom stereocenters. The van der Waals surface area contributed by atoms with Crippen molar-refractivity contribution >= 4 is 5.91 Å². The van der Waals surface area contributed by atoms with Crippen LogP contribution < -0.4 is 14.8 Å². The van der Waals surface area contributed by atoms with Crippen molar-refractivity contribution in [3.8, 4) is 17.2 Å². The van der Waals surface area contributed by atoms with E-state index in [0.29, 0.717) is 31.2 Å². The third kappa shape index (κ3) is 3.92. The zero-order valence-electron chi connectivity index (χ0n) is 14.5. The second-order valence-corrected chi connectivity index (χ2v) is 6.14. The highest BCUT2D eigenvalue weighted by atomic mass is 19.1. The molecule has 0 atom stereocenters. The number of hydrogen-bond acceptors (Lipinski definition) is 4. The van der Waals surface area contributed by atoms with Gasteiger partial charge in [-0.05, 0) is 48.0 Å². The number of ether oxygens (including phenoxy) is 2. The monoisotopic (exact) mass is 367 g/mol. The number of aromatic nitrogens is 2. The summed E-state index contributed by atoms with van der Waals surface area (Å²) < 4.78 is 25.8. The lowest BCUT2D eigenvalue weighted by Gasteiger charge is -2.09. The lowest BCUT2D eigenvalue weighted by atomic mass is 10.2. The Morgan fingerprint density at radius 1 is 1.07 bits per heavy atom. The highest BCUT2D eigenvalue weighted by Gasteiger charge is 2.13. The van der Waals surface area contributed by atoms with Crippen molar-refractivity contribution in [3.63, 3.8) is 0 Å². The molecule has 4 rings (SSSR count). The van der Waals surface area contributed by atoms with Crippen LogP contribution in [0.15, 0.2) is 54.7 Å². The number of carbonyl (C=O) groups is 1. The van der Waals surface area contributed by atoms with Gasteiger partial charge in [0.25, 0.3) is 5.91 Å². The average molecular weight is 367 g/mol. The van der Waals surface area contributed by atoms with Crippen LogP contribution in [0.25, 0.3) is 5.69 Å². The van der Waals surface area contributed by atoms with Crippen LogP contribution in [-0.4, -0.2) is 28.9 Å². The van der Waals surface area contributed by atoms with E-state index < -0.39 is 0 Å². The van der Waals surface area contributed by atoms with Crippen molar-refractivity contribution in [2.24, 2.45) is 0 Å². The molecule has 1 aromatic heterocycles. The first-order valence-corrected chi connectivity index (χ1v) is 8.67. The zero-order chi connectivity index (χ0) is 18.6. The summed E-state index contributed by atoms with van der Waals surface area (Å²) in [5, 5.41) is 7.08. The van der Waals surface area contributed by atoms with Gasteiger partial charge in [0.15, 0.2) is 17.2 Å². The zero-order valence-corrected chi connectivity index (χ0v) is 14.5. The number of fused-ring (bicyclic) bond motifs is 1. The number of rotatable bonds is 4. The fourth-order valence-electron chi connectivity index (χ4n) is 2.77. The predicted molar refractivity (Wildman–Crippen MR) is 96.7 cm³/mol. The molecule has 138 valence electrons. The van der Waals surface area contributed by atoms with Crippen molar-refractivity contribution in [3.05, 3.63) is 71.8 Å². The summed E-state index contributed by atoms with van der Waals surface area (Å²) in [6.07, 6.45) is 2.51. The van der Waals surface area contributed by atoms with Gasteiger partial charge < -0.3 is 14.8 Å². The van der Waals surface area contributed by atoms with E-state index in [4.69, 9.17) is 9.47 Å². The van der Waals surface area contributed by atoms with Crippen molar-refractivity contribution in [1.82, 2.24) is 15.1 Å². The minimum absolute atomic E-state index is 0.286. The van der Waals surface area contributed by atoms with E-state index in [-0.39, 0.29) is 17.4 Å². The molecular weight excluding hydrogens is 349 g/mol. The fourth-order valence-corrected chi connectivity index (χ4v) is 2.77. The number of nitrogens with one attached hydrogen (secondary N) is 1. The molecule has 0 saturated carbocycles. The molecule has 0 spiro atoms. The van der Waals surface area contributed by atoms with Crippen molar-refractivity contribution < 1.29 is 18.7 Å². The molecule has 2 heterocycles. The second-order valence-electron chi connectivity index (χ2n) is 6.14. The Labute approximate surface area is 155 Å². The van der Waals surface area contributed by atoms with Gasteiger partial charge in [-0.25, -0.2) is 9.07 Å². The number of hydrogen-bond donors (Lipinski definition) is 1. The molecule has 2 aromatic carbocycles. The van der Waals surface area contributed by atoms with E-state index >= 15 is 0 Å². The Bertz CT molecular complexity index is 953. The number of nitrogens with zero attached hydrogens (tertiary/aromatic N) is 2. The van der Waals surface area contributed by atoms with Gasteiger partial charge in [-0.2, -0.15) is 5.10 Å². The van der Waals surface area contributed by atoms with Crippen LogP contribution in [0.3, 0.4) is 0 Å². The van der Waals surface area contributed by atoms with Gasteiger partial charge in [-0.1, -0.05) is 6.07 Å². The maximum Gasteiger partial charge on any atom is 0.272 e. The number of amides is 1. The van der Waals surface area contributed by atoms with Gasteiger partial charge in [0.2, 0.25) is 0 Å². The maximum absolute atomic E-state index is 13.0. The fraction of sp³-hybridized carbons (Fsp3) is 0.200. The normalized spacial score (nSPS) is 13.1. The SMILES string of the molecule is O=C(NCc1ccc2c(c1)OCCCO2)c1ccn(-c2ccc(F)cc2)n1. The predicted octanol–water partition coefficient (Wildman–Crippen LogP) is 3.10. The first kappa shape index (κ1) is 17.1. The standard InChI is InChI=1S/C20H18FN3O3/c21-15-3-5-16(6-4-15)24-9-8-17(23-24)20(25)22-13-14-2-7-18-19(12-14)27-11-1-10-26-18/h2-9,12H,1,10-11,13H2,(H,22,25).